The topological polar surface area (TPSA) is 72.5 Å². The molecular formula is C19H23NO4S. The third kappa shape index (κ3) is 4.82. The average molecular weight is 361 g/mol. The van der Waals surface area contributed by atoms with Crippen LogP contribution in [0.2, 0.25) is 0 Å². The van der Waals surface area contributed by atoms with E-state index in [0.717, 1.165) is 12.0 Å². The van der Waals surface area contributed by atoms with E-state index >= 15 is 0 Å². The SMILES string of the molecule is CCC(C)NC(=O)c1ccc(OS(=O)(=O)c2cc(C)ccc2C)cc1. The highest BCUT2D eigenvalue weighted by atomic mass is 32.2. The lowest BCUT2D eigenvalue weighted by Crippen LogP contribution is -2.31. The molecule has 0 aliphatic rings. The molecule has 0 radical (unpaired) electrons. The highest BCUT2D eigenvalue weighted by molar-refractivity contribution is 7.87. The number of hydrogen-bond donors (Lipinski definition) is 1. The number of benzene rings is 2. The van der Waals surface area contributed by atoms with Crippen LogP contribution in [-0.4, -0.2) is 20.4 Å². The molecule has 2 aromatic rings. The van der Waals surface area contributed by atoms with Crippen molar-refractivity contribution in [3.8, 4) is 5.75 Å². The standard InChI is InChI=1S/C19H23NO4S/c1-5-15(4)20-19(21)16-8-10-17(11-9-16)24-25(22,23)18-12-13(2)6-7-14(18)3/h6-12,15H,5H2,1-4H3,(H,20,21). The molecule has 1 unspecified atom stereocenters. The number of rotatable bonds is 6. The Labute approximate surface area is 149 Å². The predicted octanol–water partition coefficient (Wildman–Crippen LogP) is 3.60. The summed E-state index contributed by atoms with van der Waals surface area (Å²) in [6.45, 7) is 7.45. The van der Waals surface area contributed by atoms with Gasteiger partial charge in [-0.15, -0.1) is 0 Å². The molecule has 2 rings (SSSR count). The van der Waals surface area contributed by atoms with Gasteiger partial charge < -0.3 is 9.50 Å². The Morgan fingerprint density at radius 3 is 2.36 bits per heavy atom. The van der Waals surface area contributed by atoms with Crippen LogP contribution in [0.4, 0.5) is 0 Å². The summed E-state index contributed by atoms with van der Waals surface area (Å²) in [5, 5.41) is 2.86. The van der Waals surface area contributed by atoms with Gasteiger partial charge in [0.15, 0.2) is 0 Å². The molecule has 2 aromatic carbocycles. The summed E-state index contributed by atoms with van der Waals surface area (Å²) < 4.78 is 30.2. The van der Waals surface area contributed by atoms with Crippen molar-refractivity contribution < 1.29 is 17.4 Å². The fraction of sp³-hybridized carbons (Fsp3) is 0.316. The maximum Gasteiger partial charge on any atom is 0.339 e. The predicted molar refractivity (Wildman–Crippen MR) is 97.4 cm³/mol. The zero-order valence-corrected chi connectivity index (χ0v) is 15.7. The Bertz CT molecular complexity index is 857. The molecule has 0 bridgehead atoms. The first kappa shape index (κ1) is 19.0. The minimum absolute atomic E-state index is 0.0769. The van der Waals surface area contributed by atoms with Gasteiger partial charge in [0.05, 0.1) is 0 Å². The van der Waals surface area contributed by atoms with Gasteiger partial charge in [-0.2, -0.15) is 8.42 Å². The minimum atomic E-state index is -3.92. The van der Waals surface area contributed by atoms with Gasteiger partial charge in [-0.3, -0.25) is 4.79 Å². The average Bonchev–Trinajstić information content (AvgIpc) is 2.57. The quantitative estimate of drug-likeness (QED) is 0.798. The van der Waals surface area contributed by atoms with Crippen molar-refractivity contribution in [1.82, 2.24) is 5.32 Å². The fourth-order valence-electron chi connectivity index (χ4n) is 2.22. The number of hydrogen-bond acceptors (Lipinski definition) is 4. The zero-order chi connectivity index (χ0) is 18.6. The van der Waals surface area contributed by atoms with E-state index in [2.05, 4.69) is 5.32 Å². The zero-order valence-electron chi connectivity index (χ0n) is 14.9. The van der Waals surface area contributed by atoms with E-state index in [1.54, 1.807) is 31.2 Å². The lowest BCUT2D eigenvalue weighted by Gasteiger charge is -2.12. The van der Waals surface area contributed by atoms with Gasteiger partial charge in [-0.1, -0.05) is 19.1 Å². The lowest BCUT2D eigenvalue weighted by atomic mass is 10.2. The molecule has 25 heavy (non-hydrogen) atoms. The van der Waals surface area contributed by atoms with Gasteiger partial charge in [-0.25, -0.2) is 0 Å². The third-order valence-electron chi connectivity index (χ3n) is 3.93. The van der Waals surface area contributed by atoms with Gasteiger partial charge in [0, 0.05) is 11.6 Å². The van der Waals surface area contributed by atoms with Crippen LogP contribution in [0.3, 0.4) is 0 Å². The summed E-state index contributed by atoms with van der Waals surface area (Å²) in [5.74, 6) is -0.0284. The number of carbonyl (C=O) groups is 1. The second-order valence-electron chi connectivity index (χ2n) is 6.11. The van der Waals surface area contributed by atoms with Gasteiger partial charge in [0.1, 0.15) is 10.6 Å². The van der Waals surface area contributed by atoms with Crippen LogP contribution < -0.4 is 9.50 Å². The first-order chi connectivity index (χ1) is 11.7. The van der Waals surface area contributed by atoms with E-state index in [9.17, 15) is 13.2 Å². The molecule has 0 aliphatic carbocycles. The molecule has 0 heterocycles. The Hall–Kier alpha value is -2.34. The molecule has 0 fully saturated rings. The van der Waals surface area contributed by atoms with Crippen molar-refractivity contribution in [2.24, 2.45) is 0 Å². The van der Waals surface area contributed by atoms with Gasteiger partial charge >= 0.3 is 10.1 Å². The van der Waals surface area contributed by atoms with E-state index in [1.807, 2.05) is 26.8 Å². The van der Waals surface area contributed by atoms with E-state index in [4.69, 9.17) is 4.18 Å². The first-order valence-corrected chi connectivity index (χ1v) is 9.56. The van der Waals surface area contributed by atoms with Crippen LogP contribution in [0.5, 0.6) is 5.75 Å². The number of nitrogens with one attached hydrogen (secondary N) is 1. The smallest absolute Gasteiger partial charge is 0.339 e. The molecule has 0 aliphatic heterocycles. The molecule has 6 heteroatoms. The van der Waals surface area contributed by atoms with Crippen LogP contribution in [0, 0.1) is 13.8 Å². The maximum absolute atomic E-state index is 12.5. The normalized spacial score (nSPS) is 12.5. The Morgan fingerprint density at radius 1 is 1.12 bits per heavy atom. The van der Waals surface area contributed by atoms with Crippen LogP contribution in [0.1, 0.15) is 41.8 Å². The molecule has 1 atom stereocenters. The first-order valence-electron chi connectivity index (χ1n) is 8.15. The highest BCUT2D eigenvalue weighted by Gasteiger charge is 2.19. The molecule has 0 saturated heterocycles. The van der Waals surface area contributed by atoms with Crippen molar-refractivity contribution in [3.63, 3.8) is 0 Å². The molecule has 0 saturated carbocycles. The van der Waals surface area contributed by atoms with Gasteiger partial charge in [0.2, 0.25) is 0 Å². The number of carbonyl (C=O) groups excluding carboxylic acids is 1. The van der Waals surface area contributed by atoms with Crippen LogP contribution in [-0.2, 0) is 10.1 Å². The molecule has 1 N–H and O–H groups in total. The van der Waals surface area contributed by atoms with Crippen molar-refractivity contribution in [1.29, 1.82) is 0 Å². The largest absolute Gasteiger partial charge is 0.379 e. The number of amides is 1. The van der Waals surface area contributed by atoms with Crippen molar-refractivity contribution in [2.45, 2.75) is 45.1 Å². The van der Waals surface area contributed by atoms with Crippen molar-refractivity contribution in [2.75, 3.05) is 0 Å². The Balaban J connectivity index is 2.18. The van der Waals surface area contributed by atoms with Crippen LogP contribution in [0.25, 0.3) is 0 Å². The Kier molecular flexibility index (Phi) is 5.85. The summed E-state index contributed by atoms with van der Waals surface area (Å²) in [6.07, 6.45) is 0.834. The van der Waals surface area contributed by atoms with Crippen LogP contribution in [0.15, 0.2) is 47.4 Å². The third-order valence-corrected chi connectivity index (χ3v) is 5.32. The van der Waals surface area contributed by atoms with E-state index in [-0.39, 0.29) is 22.6 Å². The lowest BCUT2D eigenvalue weighted by molar-refractivity contribution is 0.0939. The van der Waals surface area contributed by atoms with Crippen molar-refractivity contribution in [3.05, 3.63) is 59.2 Å². The van der Waals surface area contributed by atoms with Gasteiger partial charge in [-0.05, 0) is 68.7 Å². The van der Waals surface area contributed by atoms with Crippen LogP contribution >= 0.6 is 0 Å². The highest BCUT2D eigenvalue weighted by Crippen LogP contribution is 2.22. The molecule has 0 aromatic heterocycles. The summed E-state index contributed by atoms with van der Waals surface area (Å²) in [5.41, 5.74) is 1.91. The number of aryl methyl sites for hydroxylation is 2. The Morgan fingerprint density at radius 2 is 1.76 bits per heavy atom. The summed E-state index contributed by atoms with van der Waals surface area (Å²) in [7, 11) is -3.92. The molecule has 1 amide bonds. The van der Waals surface area contributed by atoms with E-state index < -0.39 is 10.1 Å². The van der Waals surface area contributed by atoms with E-state index in [0.29, 0.717) is 11.1 Å². The molecular weight excluding hydrogens is 338 g/mol. The molecule has 5 nitrogen and oxygen atoms in total. The van der Waals surface area contributed by atoms with E-state index in [1.165, 1.54) is 12.1 Å². The van der Waals surface area contributed by atoms with Gasteiger partial charge in [0.25, 0.3) is 5.91 Å². The fourth-order valence-corrected chi connectivity index (χ4v) is 3.47. The second-order valence-corrected chi connectivity index (χ2v) is 7.63. The maximum atomic E-state index is 12.5. The molecule has 134 valence electrons. The summed E-state index contributed by atoms with van der Waals surface area (Å²) >= 11 is 0. The van der Waals surface area contributed by atoms with Crippen molar-refractivity contribution >= 4 is 16.0 Å². The minimum Gasteiger partial charge on any atom is -0.379 e. The summed E-state index contributed by atoms with van der Waals surface area (Å²) in [4.78, 5) is 12.2. The molecule has 0 spiro atoms. The monoisotopic (exact) mass is 361 g/mol. The summed E-state index contributed by atoms with van der Waals surface area (Å²) in [6, 6.07) is 11.3. The second kappa shape index (κ2) is 7.70.